The van der Waals surface area contributed by atoms with Gasteiger partial charge in [-0.15, -0.1) is 0 Å². The third-order valence-corrected chi connectivity index (χ3v) is 6.28. The van der Waals surface area contributed by atoms with Crippen LogP contribution in [0.15, 0.2) is 47.4 Å². The Morgan fingerprint density at radius 1 is 0.966 bits per heavy atom. The quantitative estimate of drug-likeness (QED) is 0.714. The minimum absolute atomic E-state index is 0.130. The molecule has 2 aromatic rings. The van der Waals surface area contributed by atoms with Gasteiger partial charge < -0.3 is 14.2 Å². The number of methoxy groups -OCH3 is 2. The third-order valence-electron chi connectivity index (χ3n) is 5.15. The molecular formula is C22H24O6S. The van der Waals surface area contributed by atoms with Gasteiger partial charge in [-0.1, -0.05) is 13.0 Å². The van der Waals surface area contributed by atoms with Crippen LogP contribution < -0.4 is 9.47 Å². The highest BCUT2D eigenvalue weighted by molar-refractivity contribution is 7.90. The summed E-state index contributed by atoms with van der Waals surface area (Å²) in [7, 11) is -0.241. The predicted octanol–water partition coefficient (Wildman–Crippen LogP) is 3.74. The van der Waals surface area contributed by atoms with Gasteiger partial charge in [0.25, 0.3) is 0 Å². The van der Waals surface area contributed by atoms with Crippen LogP contribution in [0.4, 0.5) is 0 Å². The molecule has 6 nitrogen and oxygen atoms in total. The zero-order valence-corrected chi connectivity index (χ0v) is 17.9. The van der Waals surface area contributed by atoms with Crippen molar-refractivity contribution in [2.45, 2.75) is 30.8 Å². The van der Waals surface area contributed by atoms with E-state index in [0.29, 0.717) is 40.4 Å². The first-order chi connectivity index (χ1) is 13.6. The predicted molar refractivity (Wildman–Crippen MR) is 111 cm³/mol. The summed E-state index contributed by atoms with van der Waals surface area (Å²) in [5, 5.41) is 0. The molecule has 0 aromatic heterocycles. The lowest BCUT2D eigenvalue weighted by atomic mass is 9.90. The van der Waals surface area contributed by atoms with Crippen LogP contribution in [0.1, 0.15) is 31.4 Å². The molecule has 1 aliphatic rings. The number of rotatable bonds is 6. The molecule has 0 saturated carbocycles. The van der Waals surface area contributed by atoms with E-state index in [1.165, 1.54) is 19.2 Å². The summed E-state index contributed by atoms with van der Waals surface area (Å²) in [6.45, 7) is 3.65. The Hall–Kier alpha value is -2.80. The van der Waals surface area contributed by atoms with E-state index < -0.39 is 15.4 Å². The number of ether oxygens (including phenoxy) is 3. The number of benzene rings is 2. The lowest BCUT2D eigenvalue weighted by Gasteiger charge is -2.21. The first-order valence-corrected chi connectivity index (χ1v) is 11.0. The Morgan fingerprint density at radius 3 is 2.07 bits per heavy atom. The van der Waals surface area contributed by atoms with Crippen LogP contribution in [0.5, 0.6) is 11.5 Å². The Kier molecular flexibility index (Phi) is 5.45. The Balaban J connectivity index is 2.19. The molecule has 0 aliphatic carbocycles. The molecule has 0 amide bonds. The molecule has 0 radical (unpaired) electrons. The Bertz CT molecular complexity index is 1080. The fraction of sp³-hybridized carbons (Fsp3) is 0.318. The number of carbonyl (C=O) groups excluding carboxylic acids is 1. The lowest BCUT2D eigenvalue weighted by molar-refractivity contribution is -0.126. The van der Waals surface area contributed by atoms with Crippen LogP contribution in [0.25, 0.3) is 11.3 Å². The second-order valence-corrected chi connectivity index (χ2v) is 9.10. The summed E-state index contributed by atoms with van der Waals surface area (Å²) >= 11 is 0. The topological polar surface area (TPSA) is 78.9 Å². The molecule has 1 atom stereocenters. The van der Waals surface area contributed by atoms with Gasteiger partial charge in [0.2, 0.25) is 5.78 Å². The van der Waals surface area contributed by atoms with E-state index in [1.54, 1.807) is 44.4 Å². The maximum absolute atomic E-state index is 13.3. The van der Waals surface area contributed by atoms with Crippen molar-refractivity contribution in [2.24, 2.45) is 0 Å². The molecule has 7 heteroatoms. The lowest BCUT2D eigenvalue weighted by Crippen LogP contribution is -2.32. The van der Waals surface area contributed by atoms with Crippen molar-refractivity contribution in [3.8, 4) is 11.5 Å². The van der Waals surface area contributed by atoms with Gasteiger partial charge in [-0.2, -0.15) is 0 Å². The van der Waals surface area contributed by atoms with E-state index in [1.807, 2.05) is 6.92 Å². The zero-order chi connectivity index (χ0) is 21.4. The van der Waals surface area contributed by atoms with E-state index in [4.69, 9.17) is 14.2 Å². The van der Waals surface area contributed by atoms with Crippen molar-refractivity contribution < 1.29 is 27.4 Å². The standard InChI is InChI=1S/C22H24O6S/c1-6-22(2)21(23)19(15-9-12-17(26-3)18(13-15)27-4)20(28-22)14-7-10-16(11-8-14)29(5,24)25/h7-13H,6H2,1-5H3. The van der Waals surface area contributed by atoms with Crippen molar-refractivity contribution in [3.05, 3.63) is 53.6 Å². The maximum Gasteiger partial charge on any atom is 0.210 e. The van der Waals surface area contributed by atoms with Gasteiger partial charge in [-0.25, -0.2) is 8.42 Å². The van der Waals surface area contributed by atoms with Gasteiger partial charge >= 0.3 is 0 Å². The number of hydrogen-bond acceptors (Lipinski definition) is 6. The fourth-order valence-corrected chi connectivity index (χ4v) is 3.86. The van der Waals surface area contributed by atoms with E-state index in [-0.39, 0.29) is 10.7 Å². The normalized spacial score (nSPS) is 19.3. The molecule has 3 rings (SSSR count). The number of hydrogen-bond donors (Lipinski definition) is 0. The van der Waals surface area contributed by atoms with Crippen molar-refractivity contribution in [1.82, 2.24) is 0 Å². The number of sulfone groups is 1. The van der Waals surface area contributed by atoms with Crippen LogP contribution >= 0.6 is 0 Å². The third kappa shape index (κ3) is 3.74. The second kappa shape index (κ2) is 7.55. The largest absolute Gasteiger partial charge is 0.493 e. The average Bonchev–Trinajstić information content (AvgIpc) is 2.98. The summed E-state index contributed by atoms with van der Waals surface area (Å²) in [6.07, 6.45) is 1.65. The van der Waals surface area contributed by atoms with Crippen LogP contribution in [-0.2, 0) is 19.4 Å². The van der Waals surface area contributed by atoms with Crippen molar-refractivity contribution in [1.29, 1.82) is 0 Å². The van der Waals surface area contributed by atoms with Crippen LogP contribution in [0.3, 0.4) is 0 Å². The summed E-state index contributed by atoms with van der Waals surface area (Å²) in [5.74, 6) is 1.35. The first-order valence-electron chi connectivity index (χ1n) is 9.15. The highest BCUT2D eigenvalue weighted by Gasteiger charge is 2.45. The molecule has 0 saturated heterocycles. The molecule has 29 heavy (non-hydrogen) atoms. The zero-order valence-electron chi connectivity index (χ0n) is 17.1. The van der Waals surface area contributed by atoms with Gasteiger partial charge in [0.15, 0.2) is 26.9 Å². The molecule has 2 aromatic carbocycles. The molecule has 0 N–H and O–H groups in total. The highest BCUT2D eigenvalue weighted by atomic mass is 32.2. The molecular weight excluding hydrogens is 392 g/mol. The van der Waals surface area contributed by atoms with Gasteiger partial charge in [0.05, 0.1) is 24.7 Å². The molecule has 154 valence electrons. The second-order valence-electron chi connectivity index (χ2n) is 7.09. The number of carbonyl (C=O) groups is 1. The van der Waals surface area contributed by atoms with E-state index in [0.717, 1.165) is 6.26 Å². The van der Waals surface area contributed by atoms with Gasteiger partial charge in [0.1, 0.15) is 5.76 Å². The highest BCUT2D eigenvalue weighted by Crippen LogP contribution is 2.44. The van der Waals surface area contributed by atoms with Crippen molar-refractivity contribution in [2.75, 3.05) is 20.5 Å². The van der Waals surface area contributed by atoms with Crippen LogP contribution in [0, 0.1) is 0 Å². The summed E-state index contributed by atoms with van der Waals surface area (Å²) in [5.41, 5.74) is 0.718. The summed E-state index contributed by atoms with van der Waals surface area (Å²) in [4.78, 5) is 13.5. The van der Waals surface area contributed by atoms with Gasteiger partial charge in [-0.3, -0.25) is 4.79 Å². The molecule has 1 unspecified atom stereocenters. The smallest absolute Gasteiger partial charge is 0.210 e. The molecule has 0 spiro atoms. The van der Waals surface area contributed by atoms with Crippen LogP contribution in [-0.4, -0.2) is 40.3 Å². The molecule has 1 aliphatic heterocycles. The maximum atomic E-state index is 13.3. The first kappa shape index (κ1) is 20.9. The van der Waals surface area contributed by atoms with Crippen molar-refractivity contribution in [3.63, 3.8) is 0 Å². The molecule has 0 fully saturated rings. The number of ketones is 1. The van der Waals surface area contributed by atoms with Crippen molar-refractivity contribution >= 4 is 27.0 Å². The van der Waals surface area contributed by atoms with Gasteiger partial charge in [-0.05, 0) is 55.3 Å². The molecule has 0 bridgehead atoms. The summed E-state index contributed by atoms with van der Waals surface area (Å²) < 4.78 is 40.3. The summed E-state index contributed by atoms with van der Waals surface area (Å²) in [6, 6.07) is 11.6. The van der Waals surface area contributed by atoms with E-state index in [2.05, 4.69) is 0 Å². The SMILES string of the molecule is CCC1(C)OC(c2ccc(S(C)(=O)=O)cc2)=C(c2ccc(OC)c(OC)c2)C1=O. The van der Waals surface area contributed by atoms with Gasteiger partial charge in [0, 0.05) is 11.8 Å². The average molecular weight is 416 g/mol. The fourth-order valence-electron chi connectivity index (χ4n) is 3.23. The molecule has 1 heterocycles. The minimum Gasteiger partial charge on any atom is -0.493 e. The Labute approximate surface area is 171 Å². The Morgan fingerprint density at radius 2 is 1.55 bits per heavy atom. The van der Waals surface area contributed by atoms with E-state index >= 15 is 0 Å². The van der Waals surface area contributed by atoms with Crippen LogP contribution in [0.2, 0.25) is 0 Å². The number of Topliss-reactive ketones (excluding diaryl/α,β-unsaturated/α-hetero) is 1. The minimum atomic E-state index is -3.32. The monoisotopic (exact) mass is 416 g/mol. The van der Waals surface area contributed by atoms with E-state index in [9.17, 15) is 13.2 Å².